The van der Waals surface area contributed by atoms with Crippen LogP contribution in [0.25, 0.3) is 0 Å². The zero-order valence-electron chi connectivity index (χ0n) is 15.3. The van der Waals surface area contributed by atoms with Crippen LogP contribution in [-0.2, 0) is 6.42 Å². The van der Waals surface area contributed by atoms with E-state index in [0.717, 1.165) is 18.4 Å². The average Bonchev–Trinajstić information content (AvgIpc) is 2.72. The molecule has 0 aliphatic heterocycles. The van der Waals surface area contributed by atoms with Gasteiger partial charge in [0.15, 0.2) is 5.78 Å². The first-order chi connectivity index (χ1) is 13.5. The van der Waals surface area contributed by atoms with E-state index in [-0.39, 0.29) is 17.3 Å². The van der Waals surface area contributed by atoms with Crippen LogP contribution in [0.5, 0.6) is 0 Å². The van der Waals surface area contributed by atoms with E-state index in [0.29, 0.717) is 17.0 Å². The van der Waals surface area contributed by atoms with Crippen molar-refractivity contribution in [2.75, 3.05) is 0 Å². The van der Waals surface area contributed by atoms with Crippen LogP contribution in [0.3, 0.4) is 0 Å². The highest BCUT2D eigenvalue weighted by Gasteiger charge is 2.19. The number of ketones is 1. The number of carbonyl (C=O) groups excluding carboxylic acids is 1. The summed E-state index contributed by atoms with van der Waals surface area (Å²) in [7, 11) is 0. The van der Waals surface area contributed by atoms with Crippen LogP contribution in [0, 0.1) is 0 Å². The van der Waals surface area contributed by atoms with E-state index in [2.05, 4.69) is 12.1 Å². The molecule has 142 valence electrons. The molecular weight excluding hydrogens is 372 g/mol. The van der Waals surface area contributed by atoms with Gasteiger partial charge < -0.3 is 5.11 Å². The first-order valence-electron chi connectivity index (χ1n) is 9.19. The van der Waals surface area contributed by atoms with Gasteiger partial charge in [0.1, 0.15) is 0 Å². The Bertz CT molecular complexity index is 949. The van der Waals surface area contributed by atoms with Gasteiger partial charge in [-0.15, -0.1) is 0 Å². The van der Waals surface area contributed by atoms with Crippen molar-refractivity contribution in [3.05, 3.63) is 106 Å². The third-order valence-corrected chi connectivity index (χ3v) is 5.08. The van der Waals surface area contributed by atoms with Crippen LogP contribution in [0.2, 0.25) is 5.02 Å². The van der Waals surface area contributed by atoms with Crippen molar-refractivity contribution in [2.45, 2.75) is 25.2 Å². The van der Waals surface area contributed by atoms with Crippen molar-refractivity contribution in [3.8, 4) is 0 Å². The lowest BCUT2D eigenvalue weighted by atomic mass is 9.86. The molecule has 3 aromatic rings. The molecule has 1 N–H and O–H groups in total. The van der Waals surface area contributed by atoms with Gasteiger partial charge in [-0.05, 0) is 66.3 Å². The minimum absolute atomic E-state index is 0.0236. The number of carbonyl (C=O) groups is 2. The van der Waals surface area contributed by atoms with Crippen LogP contribution in [0.4, 0.5) is 0 Å². The summed E-state index contributed by atoms with van der Waals surface area (Å²) in [6, 6.07) is 23.8. The molecule has 0 aliphatic carbocycles. The van der Waals surface area contributed by atoms with Crippen LogP contribution in [0.15, 0.2) is 78.9 Å². The van der Waals surface area contributed by atoms with Crippen LogP contribution < -0.4 is 0 Å². The largest absolute Gasteiger partial charge is 0.478 e. The number of carboxylic acids is 1. The fourth-order valence-electron chi connectivity index (χ4n) is 3.28. The minimum atomic E-state index is -0.965. The van der Waals surface area contributed by atoms with E-state index < -0.39 is 5.97 Å². The Morgan fingerprint density at radius 1 is 0.857 bits per heavy atom. The van der Waals surface area contributed by atoms with Gasteiger partial charge in [0.25, 0.3) is 0 Å². The second-order valence-electron chi connectivity index (χ2n) is 6.79. The Hall–Kier alpha value is -2.91. The molecule has 3 nitrogen and oxygen atoms in total. The van der Waals surface area contributed by atoms with E-state index in [1.165, 1.54) is 5.56 Å². The third-order valence-electron chi connectivity index (χ3n) is 4.83. The number of halogens is 1. The molecule has 0 amide bonds. The Labute approximate surface area is 169 Å². The smallest absolute Gasteiger partial charge is 0.335 e. The monoisotopic (exact) mass is 392 g/mol. The van der Waals surface area contributed by atoms with Crippen molar-refractivity contribution < 1.29 is 14.7 Å². The summed E-state index contributed by atoms with van der Waals surface area (Å²) in [5.74, 6) is -1.01. The Morgan fingerprint density at radius 2 is 1.57 bits per heavy atom. The number of rotatable bonds is 8. The molecule has 0 bridgehead atoms. The van der Waals surface area contributed by atoms with Crippen molar-refractivity contribution in [1.29, 1.82) is 0 Å². The number of aromatic carboxylic acids is 1. The predicted octanol–water partition coefficient (Wildman–Crippen LogP) is 6.03. The van der Waals surface area contributed by atoms with E-state index in [9.17, 15) is 14.7 Å². The maximum atomic E-state index is 12.8. The molecule has 1 unspecified atom stereocenters. The number of hydrogen-bond donors (Lipinski definition) is 1. The van der Waals surface area contributed by atoms with E-state index in [1.54, 1.807) is 42.5 Å². The molecule has 0 saturated carbocycles. The molecule has 0 fully saturated rings. The second kappa shape index (κ2) is 9.34. The summed E-state index contributed by atoms with van der Waals surface area (Å²) >= 11 is 5.92. The summed E-state index contributed by atoms with van der Waals surface area (Å²) in [5.41, 5.74) is 2.92. The summed E-state index contributed by atoms with van der Waals surface area (Å²) in [6.45, 7) is 0. The molecule has 3 rings (SSSR count). The number of hydrogen-bond acceptors (Lipinski definition) is 2. The summed E-state index contributed by atoms with van der Waals surface area (Å²) in [4.78, 5) is 24.2. The fraction of sp³-hybridized carbons (Fsp3) is 0.167. The predicted molar refractivity (Wildman–Crippen MR) is 111 cm³/mol. The molecular formula is C24H21ClO3. The minimum Gasteiger partial charge on any atom is -0.478 e. The lowest BCUT2D eigenvalue weighted by Gasteiger charge is -2.18. The Kier molecular flexibility index (Phi) is 6.62. The zero-order valence-corrected chi connectivity index (χ0v) is 16.1. The lowest BCUT2D eigenvalue weighted by Crippen LogP contribution is -2.10. The van der Waals surface area contributed by atoms with Gasteiger partial charge in [0.05, 0.1) is 5.56 Å². The van der Waals surface area contributed by atoms with E-state index >= 15 is 0 Å². The van der Waals surface area contributed by atoms with Crippen molar-refractivity contribution in [2.24, 2.45) is 0 Å². The maximum absolute atomic E-state index is 12.8. The van der Waals surface area contributed by atoms with Crippen LogP contribution in [0.1, 0.15) is 50.6 Å². The molecule has 0 radical (unpaired) electrons. The highest BCUT2D eigenvalue weighted by Crippen LogP contribution is 2.28. The van der Waals surface area contributed by atoms with Gasteiger partial charge in [-0.1, -0.05) is 54.1 Å². The van der Waals surface area contributed by atoms with Gasteiger partial charge in [-0.25, -0.2) is 4.79 Å². The van der Waals surface area contributed by atoms with Gasteiger partial charge in [-0.3, -0.25) is 4.79 Å². The summed E-state index contributed by atoms with van der Waals surface area (Å²) in [5, 5.41) is 9.89. The van der Waals surface area contributed by atoms with Gasteiger partial charge in [0, 0.05) is 17.0 Å². The second-order valence-corrected chi connectivity index (χ2v) is 7.22. The molecule has 1 atom stereocenters. The number of Topliss-reactive ketones (excluding diaryl/α,β-unsaturated/α-hetero) is 1. The molecule has 0 aromatic heterocycles. The topological polar surface area (TPSA) is 54.4 Å². The molecule has 28 heavy (non-hydrogen) atoms. The number of carboxylic acid groups (broad SMARTS) is 1. The Balaban J connectivity index is 1.83. The van der Waals surface area contributed by atoms with Crippen molar-refractivity contribution >= 4 is 23.4 Å². The third kappa shape index (κ3) is 5.30. The first kappa shape index (κ1) is 19.8. The molecule has 0 spiro atoms. The highest BCUT2D eigenvalue weighted by molar-refractivity contribution is 6.30. The van der Waals surface area contributed by atoms with Crippen molar-refractivity contribution in [1.82, 2.24) is 0 Å². The van der Waals surface area contributed by atoms with Gasteiger partial charge >= 0.3 is 5.97 Å². The zero-order chi connectivity index (χ0) is 19.9. The quantitative estimate of drug-likeness (QED) is 0.476. The lowest BCUT2D eigenvalue weighted by molar-refractivity contribution is 0.0696. The molecule has 0 aliphatic rings. The molecule has 0 heterocycles. The standard InChI is InChI=1S/C24H21ClO3/c25-22-13-11-18(12-14-22)23(26)16-20(10-9-17-5-2-1-3-6-17)19-7-4-8-21(15-19)24(27)28/h1-8,11-15,20H,9-10,16H2,(H,27,28). The van der Waals surface area contributed by atoms with Crippen LogP contribution in [-0.4, -0.2) is 16.9 Å². The maximum Gasteiger partial charge on any atom is 0.335 e. The van der Waals surface area contributed by atoms with Gasteiger partial charge in [0.2, 0.25) is 0 Å². The van der Waals surface area contributed by atoms with Crippen LogP contribution >= 0.6 is 11.6 Å². The van der Waals surface area contributed by atoms with Gasteiger partial charge in [-0.2, -0.15) is 0 Å². The van der Waals surface area contributed by atoms with Crippen molar-refractivity contribution in [3.63, 3.8) is 0 Å². The fourth-order valence-corrected chi connectivity index (χ4v) is 3.40. The molecule has 3 aromatic carbocycles. The SMILES string of the molecule is O=C(O)c1cccc(C(CCc2ccccc2)CC(=O)c2ccc(Cl)cc2)c1. The molecule has 4 heteroatoms. The van der Waals surface area contributed by atoms with E-state index in [1.807, 2.05) is 24.3 Å². The first-order valence-corrected chi connectivity index (χ1v) is 9.56. The normalized spacial score (nSPS) is 11.8. The average molecular weight is 393 g/mol. The Morgan fingerprint density at radius 3 is 2.25 bits per heavy atom. The summed E-state index contributed by atoms with van der Waals surface area (Å²) < 4.78 is 0. The highest BCUT2D eigenvalue weighted by atomic mass is 35.5. The number of aryl methyl sites for hydroxylation is 1. The summed E-state index contributed by atoms with van der Waals surface area (Å²) in [6.07, 6.45) is 1.89. The number of benzene rings is 3. The molecule has 0 saturated heterocycles. The van der Waals surface area contributed by atoms with E-state index in [4.69, 9.17) is 11.6 Å².